The number of carbonyl (C=O) groups excluding carboxylic acids is 6. The highest BCUT2D eigenvalue weighted by Gasteiger charge is 2.53. The van der Waals surface area contributed by atoms with Crippen LogP contribution in [-0.4, -0.2) is 196 Å². The molecule has 1 aliphatic carbocycles. The molecular formula is C60H95N3O15. The molecule has 1 amide bonds. The van der Waals surface area contributed by atoms with Crippen LogP contribution in [0.1, 0.15) is 126 Å². The lowest BCUT2D eigenvalue weighted by atomic mass is 9.78. The highest BCUT2D eigenvalue weighted by atomic mass is 16.6. The quantitative estimate of drug-likeness (QED) is 0.0992. The van der Waals surface area contributed by atoms with Gasteiger partial charge in [0.05, 0.1) is 37.6 Å². The molecule has 0 aromatic heterocycles. The molecule has 2 bridgehead atoms. The molecule has 0 radical (unpaired) electrons. The van der Waals surface area contributed by atoms with E-state index in [0.717, 1.165) is 38.2 Å². The number of ether oxygens (including phenoxy) is 7. The van der Waals surface area contributed by atoms with E-state index < -0.39 is 77.8 Å². The van der Waals surface area contributed by atoms with Crippen LogP contribution in [0.25, 0.3) is 0 Å². The fourth-order valence-corrected chi connectivity index (χ4v) is 11.9. The Bertz CT molecular complexity index is 2120. The van der Waals surface area contributed by atoms with Gasteiger partial charge in [0.2, 0.25) is 5.79 Å². The van der Waals surface area contributed by atoms with Gasteiger partial charge in [-0.3, -0.25) is 28.9 Å². The molecule has 0 aromatic carbocycles. The Labute approximate surface area is 464 Å². The number of ketones is 3. The summed E-state index contributed by atoms with van der Waals surface area (Å²) in [5.74, 6) is -8.41. The monoisotopic (exact) mass is 1100 g/mol. The van der Waals surface area contributed by atoms with Crippen LogP contribution in [-0.2, 0) is 61.9 Å². The Morgan fingerprint density at radius 3 is 2.24 bits per heavy atom. The number of nitrogens with zero attached hydrogens (tertiary/aromatic N) is 3. The number of methoxy groups -OCH3 is 3. The van der Waals surface area contributed by atoms with Crippen LogP contribution in [0, 0.1) is 35.5 Å². The number of aliphatic hydroxyl groups excluding tert-OH is 1. The number of likely N-dealkylation sites (N-methyl/N-ethyl adjacent to an activating group) is 1. The average molecular weight is 1100 g/mol. The van der Waals surface area contributed by atoms with Gasteiger partial charge in [-0.05, 0) is 114 Å². The molecule has 0 unspecified atom stereocenters. The van der Waals surface area contributed by atoms with Gasteiger partial charge in [-0.1, -0.05) is 71.1 Å². The number of hydrogen-bond acceptors (Lipinski definition) is 17. The number of carbonyl (C=O) groups is 6. The van der Waals surface area contributed by atoms with Gasteiger partial charge in [0.15, 0.2) is 5.78 Å². The first-order valence-electron chi connectivity index (χ1n) is 28.8. The smallest absolute Gasteiger partial charge is 0.329 e. The fraction of sp³-hybridized carbons (Fsp3) is 0.767. The van der Waals surface area contributed by atoms with Gasteiger partial charge >= 0.3 is 11.9 Å². The van der Waals surface area contributed by atoms with Crippen molar-refractivity contribution in [3.8, 4) is 0 Å². The van der Waals surface area contributed by atoms with Gasteiger partial charge in [-0.15, -0.1) is 0 Å². The summed E-state index contributed by atoms with van der Waals surface area (Å²) in [6.07, 6.45) is 11.6. The summed E-state index contributed by atoms with van der Waals surface area (Å²) in [5, 5.41) is 23.6. The number of esters is 2. The Kier molecular flexibility index (Phi) is 26.0. The van der Waals surface area contributed by atoms with Crippen LogP contribution >= 0.6 is 0 Å². The zero-order valence-electron chi connectivity index (χ0n) is 48.7. The second-order valence-electron chi connectivity index (χ2n) is 23.2. The number of piperidine rings is 1. The molecule has 4 aliphatic heterocycles. The average Bonchev–Trinajstić information content (AvgIpc) is 3.43. The molecule has 0 aromatic rings. The Hall–Kier alpha value is -3.98. The largest absolute Gasteiger partial charge is 0.462 e. The van der Waals surface area contributed by atoms with E-state index in [-0.39, 0.29) is 86.6 Å². The van der Waals surface area contributed by atoms with E-state index in [0.29, 0.717) is 63.4 Å². The van der Waals surface area contributed by atoms with E-state index >= 15 is 0 Å². The maximum Gasteiger partial charge on any atom is 0.329 e. The molecule has 4 fully saturated rings. The number of aliphatic hydroxyl groups is 2. The molecule has 440 valence electrons. The SMILES string of the molecule is CO[C@H]1C[C@@H]2CC[C@@H](C)[C@@](O)(O2)C(=O)C(=O)N2CCCC[C@H]2C(=O)O[C@H]([C@H](C)C[C@H]2CC[C@@H](OCCOC(=O)CN3CCN(C)CC3)[C@H](OC)C2)CC(=O)[C@H](C)/C=C(\C)[C@@H](O)[C@@H](OC)C(=O)[C@H](C)C[C@H](C)/C=C/C=C/C=C/1C. The first kappa shape index (κ1) is 64.8. The molecule has 2 N–H and O–H groups in total. The predicted molar refractivity (Wildman–Crippen MR) is 294 cm³/mol. The normalized spacial score (nSPS) is 37.3. The van der Waals surface area contributed by atoms with E-state index in [9.17, 15) is 39.0 Å². The van der Waals surface area contributed by atoms with Gasteiger partial charge in [0, 0.05) is 84.6 Å². The van der Waals surface area contributed by atoms with Crippen molar-refractivity contribution < 1.29 is 72.1 Å². The highest BCUT2D eigenvalue weighted by Crippen LogP contribution is 2.38. The number of amides is 1. The van der Waals surface area contributed by atoms with Crippen molar-refractivity contribution in [2.24, 2.45) is 35.5 Å². The lowest BCUT2D eigenvalue weighted by Crippen LogP contribution is -2.61. The van der Waals surface area contributed by atoms with Gasteiger partial charge in [-0.25, -0.2) is 4.79 Å². The summed E-state index contributed by atoms with van der Waals surface area (Å²) in [6.45, 7) is 16.8. The second kappa shape index (κ2) is 31.3. The third-order valence-electron chi connectivity index (χ3n) is 17.1. The molecule has 15 atom stereocenters. The lowest BCUT2D eigenvalue weighted by Gasteiger charge is -2.42. The van der Waals surface area contributed by atoms with Crippen LogP contribution in [0.15, 0.2) is 47.6 Å². The van der Waals surface area contributed by atoms with E-state index in [1.807, 2.05) is 58.1 Å². The number of cyclic esters (lactones) is 1. The molecule has 5 rings (SSSR count). The molecular weight excluding hydrogens is 1000 g/mol. The van der Waals surface area contributed by atoms with Crippen molar-refractivity contribution in [2.75, 3.05) is 80.9 Å². The van der Waals surface area contributed by atoms with E-state index in [4.69, 9.17) is 33.2 Å². The third kappa shape index (κ3) is 18.3. The van der Waals surface area contributed by atoms with Gasteiger partial charge < -0.3 is 53.2 Å². The summed E-state index contributed by atoms with van der Waals surface area (Å²) in [4.78, 5) is 89.6. The molecule has 1 saturated carbocycles. The summed E-state index contributed by atoms with van der Waals surface area (Å²) in [6, 6.07) is -1.16. The van der Waals surface area contributed by atoms with Crippen molar-refractivity contribution in [1.29, 1.82) is 0 Å². The molecule has 4 heterocycles. The van der Waals surface area contributed by atoms with E-state index in [2.05, 4.69) is 16.8 Å². The summed E-state index contributed by atoms with van der Waals surface area (Å²) >= 11 is 0. The maximum absolute atomic E-state index is 14.6. The lowest BCUT2D eigenvalue weighted by molar-refractivity contribution is -0.265. The molecule has 18 heteroatoms. The summed E-state index contributed by atoms with van der Waals surface area (Å²) in [7, 11) is 6.66. The zero-order valence-corrected chi connectivity index (χ0v) is 48.7. The van der Waals surface area contributed by atoms with Crippen molar-refractivity contribution in [3.05, 3.63) is 47.6 Å². The number of hydrogen-bond donors (Lipinski definition) is 2. The minimum absolute atomic E-state index is 0.00655. The van der Waals surface area contributed by atoms with Crippen LogP contribution in [0.2, 0.25) is 0 Å². The van der Waals surface area contributed by atoms with Gasteiger partial charge in [-0.2, -0.15) is 0 Å². The van der Waals surface area contributed by atoms with Crippen molar-refractivity contribution in [3.63, 3.8) is 0 Å². The van der Waals surface area contributed by atoms with Crippen molar-refractivity contribution in [2.45, 2.75) is 180 Å². The van der Waals surface area contributed by atoms with E-state index in [1.54, 1.807) is 41.1 Å². The van der Waals surface area contributed by atoms with Crippen LogP contribution in [0.5, 0.6) is 0 Å². The van der Waals surface area contributed by atoms with Crippen LogP contribution in [0.3, 0.4) is 0 Å². The fourth-order valence-electron chi connectivity index (χ4n) is 11.9. The van der Waals surface area contributed by atoms with Crippen LogP contribution in [0.4, 0.5) is 0 Å². The topological polar surface area (TPSA) is 217 Å². The Balaban J connectivity index is 1.37. The molecule has 3 saturated heterocycles. The van der Waals surface area contributed by atoms with Gasteiger partial charge in [0.1, 0.15) is 36.7 Å². The van der Waals surface area contributed by atoms with Gasteiger partial charge in [0.25, 0.3) is 11.7 Å². The maximum atomic E-state index is 14.6. The Morgan fingerprint density at radius 1 is 0.821 bits per heavy atom. The number of fused-ring (bicyclic) bond motifs is 3. The highest BCUT2D eigenvalue weighted by molar-refractivity contribution is 6.39. The second-order valence-corrected chi connectivity index (χ2v) is 23.2. The minimum Gasteiger partial charge on any atom is -0.462 e. The van der Waals surface area contributed by atoms with Crippen molar-refractivity contribution >= 4 is 35.2 Å². The predicted octanol–water partition coefficient (Wildman–Crippen LogP) is 6.00. The molecule has 18 nitrogen and oxygen atoms in total. The molecule has 5 aliphatic rings. The standard InChI is InChI=1S/C60H95N3O15/c1-38-17-13-12-14-18-39(2)50(72-9)35-46-22-20-44(7)60(71,78-46)57(68)58(69)63-24-16-15-19-47(63)59(70)77-51(36-48(64)40(3)32-43(6)55(67)56(74-11)54(66)42(5)31-38)41(4)33-45-21-23-49(52(34-45)73-10)75-29-30-76-53(65)37-62-27-25-61(8)26-28-62/h12-14,17-18,32,38,40-42,44-47,49-52,55-56,67,71H,15-16,19-31,33-37H2,1-11H3/b14-12+,17-13+,39-18+,43-32+/t38-,40-,41-,42-,44-,45-,46+,47+,49-,50+,51+,52-,55-,56+,60-/m1/s1. The minimum atomic E-state index is -2.45. The van der Waals surface area contributed by atoms with Crippen LogP contribution < -0.4 is 0 Å². The molecule has 0 spiro atoms. The molecule has 78 heavy (non-hydrogen) atoms. The van der Waals surface area contributed by atoms with Crippen molar-refractivity contribution in [1.82, 2.24) is 14.7 Å². The Morgan fingerprint density at radius 2 is 1.55 bits per heavy atom. The van der Waals surface area contributed by atoms with E-state index in [1.165, 1.54) is 12.0 Å². The third-order valence-corrected chi connectivity index (χ3v) is 17.1. The summed E-state index contributed by atoms with van der Waals surface area (Å²) in [5.41, 5.74) is 1.25. The number of Topliss-reactive ketones (excluding diaryl/α,β-unsaturated/α-hetero) is 3. The zero-order chi connectivity index (χ0) is 57.3. The number of allylic oxidation sites excluding steroid dienone is 6. The number of rotatable bonds is 12. The number of piperazine rings is 1. The first-order valence-corrected chi connectivity index (χ1v) is 28.8. The first-order chi connectivity index (χ1) is 37.1. The summed E-state index contributed by atoms with van der Waals surface area (Å²) < 4.78 is 41.7.